The summed E-state index contributed by atoms with van der Waals surface area (Å²) in [5.41, 5.74) is 0. The maximum Gasteiger partial charge on any atom is 0.422 e. The third-order valence-electron chi connectivity index (χ3n) is 1.15. The second kappa shape index (κ2) is 3.04. The van der Waals surface area contributed by atoms with Crippen LogP contribution in [0.1, 0.15) is 0 Å². The first-order chi connectivity index (χ1) is 5.15. The van der Waals surface area contributed by atoms with E-state index in [2.05, 4.69) is 15.9 Å². The van der Waals surface area contributed by atoms with Gasteiger partial charge in [-0.2, -0.15) is 0 Å². The molecule has 0 saturated heterocycles. The molecule has 0 fully saturated rings. The Morgan fingerprint density at radius 1 is 1.73 bits per heavy atom. The molecule has 5 heteroatoms. The summed E-state index contributed by atoms with van der Waals surface area (Å²) < 4.78 is 17.9. The molecule has 1 rings (SSSR count). The van der Waals surface area contributed by atoms with Crippen LogP contribution >= 0.6 is 15.9 Å². The van der Waals surface area contributed by atoms with Gasteiger partial charge in [-0.15, -0.1) is 4.39 Å². The first-order valence-corrected chi connectivity index (χ1v) is 3.58. The van der Waals surface area contributed by atoms with Crippen molar-refractivity contribution in [1.82, 2.24) is 0 Å². The smallest absolute Gasteiger partial charge is 0.422 e. The molecule has 60 valence electrons. The number of nitrogens with zero attached hydrogens (tertiary/aromatic N) is 1. The topological polar surface area (TPSA) is 33.3 Å². The fourth-order valence-electron chi connectivity index (χ4n) is 0.620. The van der Waals surface area contributed by atoms with E-state index in [1.807, 2.05) is 0 Å². The van der Waals surface area contributed by atoms with Crippen LogP contribution in [-0.2, 0) is 0 Å². The lowest BCUT2D eigenvalue weighted by Gasteiger charge is -1.95. The lowest BCUT2D eigenvalue weighted by Crippen LogP contribution is -2.34. The number of halogens is 2. The van der Waals surface area contributed by atoms with Crippen LogP contribution in [0.5, 0.6) is 5.75 Å². The number of aromatic nitrogens is 1. The highest BCUT2D eigenvalue weighted by Crippen LogP contribution is 2.17. The molecule has 0 spiro atoms. The van der Waals surface area contributed by atoms with Gasteiger partial charge in [0.05, 0.1) is 7.11 Å². The molecule has 3 nitrogen and oxygen atoms in total. The van der Waals surface area contributed by atoms with E-state index >= 15 is 0 Å². The molecule has 0 aliphatic carbocycles. The van der Waals surface area contributed by atoms with Gasteiger partial charge in [0.1, 0.15) is 4.47 Å². The Labute approximate surface area is 71.1 Å². The summed E-state index contributed by atoms with van der Waals surface area (Å²) in [6.07, 6.45) is 1.13. The zero-order chi connectivity index (χ0) is 8.43. The van der Waals surface area contributed by atoms with Gasteiger partial charge in [0.2, 0.25) is 0 Å². The minimum Gasteiger partial charge on any atom is -0.491 e. The summed E-state index contributed by atoms with van der Waals surface area (Å²) in [5.74, 6) is -0.383. The number of methoxy groups -OCH3 is 1. The van der Waals surface area contributed by atoms with E-state index in [1.54, 1.807) is 0 Å². The van der Waals surface area contributed by atoms with Crippen molar-refractivity contribution in [2.24, 2.45) is 0 Å². The van der Waals surface area contributed by atoms with Gasteiger partial charge >= 0.3 is 5.95 Å². The van der Waals surface area contributed by atoms with Gasteiger partial charge in [-0.1, -0.05) is 0 Å². The van der Waals surface area contributed by atoms with Crippen molar-refractivity contribution in [2.75, 3.05) is 7.11 Å². The van der Waals surface area contributed by atoms with E-state index in [9.17, 15) is 4.39 Å². The maximum atomic E-state index is 12.7. The second-order valence-corrected chi connectivity index (χ2v) is 2.72. The Hall–Kier alpha value is -0.840. The Morgan fingerprint density at radius 2 is 2.36 bits per heavy atom. The van der Waals surface area contributed by atoms with Gasteiger partial charge in [-0.05, 0) is 15.9 Å². The largest absolute Gasteiger partial charge is 0.491 e. The summed E-state index contributed by atoms with van der Waals surface area (Å²) in [6.45, 7) is 0. The van der Waals surface area contributed by atoms with Crippen LogP contribution in [0.2, 0.25) is 0 Å². The molecule has 0 saturated carbocycles. The molecule has 0 aliphatic heterocycles. The molecule has 0 radical (unpaired) electrons. The van der Waals surface area contributed by atoms with Crippen LogP contribution < -0.4 is 9.47 Å². The first kappa shape index (κ1) is 8.26. The van der Waals surface area contributed by atoms with Crippen molar-refractivity contribution >= 4 is 15.9 Å². The summed E-state index contributed by atoms with van der Waals surface area (Å²) in [6, 6.07) is 1.42. The molecule has 11 heavy (non-hydrogen) atoms. The zero-order valence-electron chi connectivity index (χ0n) is 5.71. The molecule has 0 aliphatic rings. The average molecular weight is 223 g/mol. The van der Waals surface area contributed by atoms with Crippen LogP contribution in [0.4, 0.5) is 4.39 Å². The molecular weight excluding hydrogens is 217 g/mol. The van der Waals surface area contributed by atoms with Crippen molar-refractivity contribution in [2.45, 2.75) is 0 Å². The summed E-state index contributed by atoms with van der Waals surface area (Å²) in [5, 5.41) is 8.84. The van der Waals surface area contributed by atoms with Gasteiger partial charge in [-0.25, -0.2) is 0 Å². The van der Waals surface area contributed by atoms with Gasteiger partial charge < -0.3 is 4.74 Å². The Balaban J connectivity index is 3.21. The van der Waals surface area contributed by atoms with E-state index in [1.165, 1.54) is 13.2 Å². The molecule has 1 N–H and O–H groups in total. The van der Waals surface area contributed by atoms with Crippen molar-refractivity contribution in [3.63, 3.8) is 0 Å². The number of rotatable bonds is 1. The molecule has 1 heterocycles. The molecule has 0 bridgehead atoms. The minimum atomic E-state index is -0.759. The van der Waals surface area contributed by atoms with Crippen molar-refractivity contribution in [3.05, 3.63) is 22.7 Å². The molecule has 0 unspecified atom stereocenters. The van der Waals surface area contributed by atoms with Crippen LogP contribution in [0.3, 0.4) is 0 Å². The van der Waals surface area contributed by atoms with E-state index < -0.39 is 5.95 Å². The fourth-order valence-corrected chi connectivity index (χ4v) is 1.03. The summed E-state index contributed by atoms with van der Waals surface area (Å²) in [7, 11) is 1.43. The highest BCUT2D eigenvalue weighted by Gasteiger charge is 2.16. The highest BCUT2D eigenvalue weighted by molar-refractivity contribution is 9.10. The van der Waals surface area contributed by atoms with Crippen LogP contribution in [0.25, 0.3) is 0 Å². The number of ether oxygens (including phenoxy) is 1. The van der Waals surface area contributed by atoms with Crippen LogP contribution in [0.15, 0.2) is 16.7 Å². The van der Waals surface area contributed by atoms with Crippen LogP contribution in [-0.4, -0.2) is 12.3 Å². The fraction of sp³-hybridized carbons (Fsp3) is 0.167. The number of pyridine rings is 1. The normalized spacial score (nSPS) is 9.73. The van der Waals surface area contributed by atoms with Crippen molar-refractivity contribution in [3.8, 4) is 5.75 Å². The Kier molecular flexibility index (Phi) is 2.28. The monoisotopic (exact) mass is 222 g/mol. The summed E-state index contributed by atoms with van der Waals surface area (Å²) in [4.78, 5) is 0. The van der Waals surface area contributed by atoms with E-state index in [0.29, 0.717) is 10.5 Å². The van der Waals surface area contributed by atoms with Gasteiger partial charge in [0.25, 0.3) is 6.20 Å². The maximum absolute atomic E-state index is 12.7. The van der Waals surface area contributed by atoms with Gasteiger partial charge in [-0.3, -0.25) is 5.21 Å². The van der Waals surface area contributed by atoms with E-state index in [4.69, 9.17) is 9.94 Å². The van der Waals surface area contributed by atoms with Crippen LogP contribution in [0, 0.1) is 5.95 Å². The molecular formula is C6H6BrFNO2+. The van der Waals surface area contributed by atoms with Gasteiger partial charge in [0, 0.05) is 10.8 Å². The average Bonchev–Trinajstić information content (AvgIpc) is 1.99. The minimum absolute atomic E-state index is 0.152. The lowest BCUT2D eigenvalue weighted by molar-refractivity contribution is -0.924. The van der Waals surface area contributed by atoms with E-state index in [0.717, 1.165) is 6.20 Å². The quantitative estimate of drug-likeness (QED) is 0.439. The zero-order valence-corrected chi connectivity index (χ0v) is 7.30. The lowest BCUT2D eigenvalue weighted by atomic mass is 10.4. The SMILES string of the molecule is COc1cc(Br)c(F)[n+](O)c1. The number of hydrogen-bond acceptors (Lipinski definition) is 2. The van der Waals surface area contributed by atoms with Crippen molar-refractivity contribution < 1.29 is 19.1 Å². The Morgan fingerprint density at radius 3 is 2.82 bits per heavy atom. The molecule has 0 amide bonds. The van der Waals surface area contributed by atoms with E-state index in [-0.39, 0.29) is 4.47 Å². The third-order valence-corrected chi connectivity index (χ3v) is 1.71. The predicted molar refractivity (Wildman–Crippen MR) is 38.0 cm³/mol. The standard InChI is InChI=1S/C6H6BrFNO2/c1-11-4-2-5(7)6(8)9(10)3-4/h2-3,10H,1H3/q+1. The Bertz CT molecular complexity index is 256. The molecule has 1 aromatic rings. The molecule has 0 atom stereocenters. The molecule has 0 aromatic carbocycles. The van der Waals surface area contributed by atoms with Crippen molar-refractivity contribution in [1.29, 1.82) is 0 Å². The van der Waals surface area contributed by atoms with Gasteiger partial charge in [0.15, 0.2) is 5.75 Å². The number of hydrogen-bond donors (Lipinski definition) is 1. The second-order valence-electron chi connectivity index (χ2n) is 1.86. The first-order valence-electron chi connectivity index (χ1n) is 2.79. The third kappa shape index (κ3) is 1.59. The predicted octanol–water partition coefficient (Wildman–Crippen LogP) is 1.12. The summed E-state index contributed by atoms with van der Waals surface area (Å²) >= 11 is 2.90. The highest BCUT2D eigenvalue weighted by atomic mass is 79.9. The molecule has 1 aromatic heterocycles.